The Hall–Kier alpha value is -3.93. The zero-order valence-corrected chi connectivity index (χ0v) is 15.0. The molecule has 0 aliphatic rings. The van der Waals surface area contributed by atoms with Crippen LogP contribution in [0.25, 0.3) is 22.6 Å². The molecule has 0 unspecified atom stereocenters. The first kappa shape index (κ1) is 17.5. The lowest BCUT2D eigenvalue weighted by atomic mass is 10.1. The summed E-state index contributed by atoms with van der Waals surface area (Å²) in [5.41, 5.74) is 3.23. The number of methoxy groups -OCH3 is 1. The summed E-state index contributed by atoms with van der Waals surface area (Å²) >= 11 is 0. The van der Waals surface area contributed by atoms with Crippen molar-refractivity contribution >= 4 is 28.7 Å². The van der Waals surface area contributed by atoms with Crippen LogP contribution in [0, 0.1) is 0 Å². The molecule has 0 aliphatic heterocycles. The first-order valence-electron chi connectivity index (χ1n) is 8.60. The van der Waals surface area contributed by atoms with Gasteiger partial charge in [0.05, 0.1) is 23.9 Å². The van der Waals surface area contributed by atoms with Gasteiger partial charge in [0, 0.05) is 5.56 Å². The van der Waals surface area contributed by atoms with E-state index in [0.717, 1.165) is 0 Å². The summed E-state index contributed by atoms with van der Waals surface area (Å²) in [7, 11) is 1.33. The zero-order valence-electron chi connectivity index (χ0n) is 15.0. The molecule has 6 nitrogen and oxygen atoms in total. The van der Waals surface area contributed by atoms with Gasteiger partial charge in [-0.3, -0.25) is 4.79 Å². The number of esters is 1. The molecule has 4 rings (SSSR count). The van der Waals surface area contributed by atoms with Gasteiger partial charge < -0.3 is 14.5 Å². The molecule has 0 saturated heterocycles. The second-order valence-corrected chi connectivity index (χ2v) is 6.06. The summed E-state index contributed by atoms with van der Waals surface area (Å²) < 4.78 is 10.6. The molecule has 6 heteroatoms. The minimum absolute atomic E-state index is 0.225. The Labute approximate surface area is 160 Å². The van der Waals surface area contributed by atoms with Gasteiger partial charge in [0.1, 0.15) is 5.52 Å². The van der Waals surface area contributed by atoms with E-state index in [4.69, 9.17) is 9.15 Å². The van der Waals surface area contributed by atoms with Crippen LogP contribution < -0.4 is 5.32 Å². The molecule has 138 valence electrons. The van der Waals surface area contributed by atoms with E-state index in [9.17, 15) is 9.59 Å². The van der Waals surface area contributed by atoms with Crippen LogP contribution in [0.3, 0.4) is 0 Å². The number of fused-ring (bicyclic) bond motifs is 1. The molecule has 1 amide bonds. The Balaban J connectivity index is 1.70. The van der Waals surface area contributed by atoms with Crippen LogP contribution in [0.15, 0.2) is 77.2 Å². The predicted octanol–water partition coefficient (Wildman–Crippen LogP) is 4.53. The van der Waals surface area contributed by atoms with Crippen LogP contribution >= 0.6 is 0 Å². The lowest BCUT2D eigenvalue weighted by Crippen LogP contribution is -2.12. The fourth-order valence-electron chi connectivity index (χ4n) is 2.85. The lowest BCUT2D eigenvalue weighted by molar-refractivity contribution is 0.0600. The highest BCUT2D eigenvalue weighted by Gasteiger charge is 2.16. The van der Waals surface area contributed by atoms with Gasteiger partial charge in [-0.25, -0.2) is 9.78 Å². The van der Waals surface area contributed by atoms with Gasteiger partial charge in [0.25, 0.3) is 5.91 Å². The molecule has 0 aliphatic carbocycles. The van der Waals surface area contributed by atoms with Crippen molar-refractivity contribution < 1.29 is 18.7 Å². The number of carbonyl (C=O) groups excluding carboxylic acids is 2. The highest BCUT2D eigenvalue weighted by atomic mass is 16.5. The number of rotatable bonds is 4. The molecule has 0 spiro atoms. The molecule has 1 N–H and O–H groups in total. The van der Waals surface area contributed by atoms with E-state index in [2.05, 4.69) is 10.3 Å². The van der Waals surface area contributed by atoms with Crippen LogP contribution in [0.2, 0.25) is 0 Å². The number of hydrogen-bond acceptors (Lipinski definition) is 5. The molecule has 1 aromatic heterocycles. The quantitative estimate of drug-likeness (QED) is 0.532. The van der Waals surface area contributed by atoms with E-state index in [-0.39, 0.29) is 5.91 Å². The maximum atomic E-state index is 12.5. The molecule has 4 aromatic rings. The highest BCUT2D eigenvalue weighted by molar-refractivity contribution is 6.06. The fourth-order valence-corrected chi connectivity index (χ4v) is 2.85. The summed E-state index contributed by atoms with van der Waals surface area (Å²) in [6.07, 6.45) is 0. The molecular weight excluding hydrogens is 356 g/mol. The smallest absolute Gasteiger partial charge is 0.337 e. The van der Waals surface area contributed by atoms with Gasteiger partial charge in [-0.15, -0.1) is 0 Å². The minimum atomic E-state index is -0.443. The molecule has 0 fully saturated rings. The Morgan fingerprint density at radius 3 is 2.46 bits per heavy atom. The molecule has 3 aromatic carbocycles. The molecule has 0 saturated carbocycles. The number of aromatic nitrogens is 1. The number of hydrogen-bond donors (Lipinski definition) is 1. The highest BCUT2D eigenvalue weighted by Crippen LogP contribution is 2.30. The number of carbonyl (C=O) groups is 2. The average molecular weight is 372 g/mol. The number of ether oxygens (including phenoxy) is 1. The van der Waals surface area contributed by atoms with Crippen molar-refractivity contribution in [2.75, 3.05) is 12.4 Å². The van der Waals surface area contributed by atoms with Crippen LogP contribution in [0.4, 0.5) is 5.69 Å². The average Bonchev–Trinajstić information content (AvgIpc) is 3.17. The Bertz CT molecular complexity index is 1170. The van der Waals surface area contributed by atoms with E-state index in [1.807, 2.05) is 24.3 Å². The second kappa shape index (κ2) is 7.36. The van der Waals surface area contributed by atoms with Gasteiger partial charge in [-0.2, -0.15) is 0 Å². The molecule has 0 atom stereocenters. The largest absolute Gasteiger partial charge is 0.465 e. The Morgan fingerprint density at radius 2 is 1.68 bits per heavy atom. The van der Waals surface area contributed by atoms with E-state index in [1.165, 1.54) is 7.11 Å². The molecule has 0 radical (unpaired) electrons. The van der Waals surface area contributed by atoms with Gasteiger partial charge >= 0.3 is 5.97 Å². The molecular formula is C22H16N2O4. The van der Waals surface area contributed by atoms with E-state index < -0.39 is 5.97 Å². The van der Waals surface area contributed by atoms with Gasteiger partial charge in [-0.1, -0.05) is 30.3 Å². The number of nitrogens with one attached hydrogen (secondary N) is 1. The third kappa shape index (κ3) is 3.35. The minimum Gasteiger partial charge on any atom is -0.465 e. The summed E-state index contributed by atoms with van der Waals surface area (Å²) in [5, 5.41) is 2.90. The van der Waals surface area contributed by atoms with Crippen molar-refractivity contribution in [1.82, 2.24) is 4.98 Å². The molecule has 1 heterocycles. The fraction of sp³-hybridized carbons (Fsp3) is 0.0455. The third-order valence-electron chi connectivity index (χ3n) is 4.25. The number of oxazole rings is 1. The summed E-state index contributed by atoms with van der Waals surface area (Å²) in [5.74, 6) is -0.319. The van der Waals surface area contributed by atoms with Crippen molar-refractivity contribution in [3.05, 3.63) is 83.9 Å². The number of benzene rings is 3. The number of amides is 1. The molecule has 28 heavy (non-hydrogen) atoms. The number of para-hydroxylation sites is 1. The van der Waals surface area contributed by atoms with Crippen LogP contribution in [0.5, 0.6) is 0 Å². The van der Waals surface area contributed by atoms with Crippen molar-refractivity contribution in [2.24, 2.45) is 0 Å². The van der Waals surface area contributed by atoms with E-state index in [1.54, 1.807) is 48.5 Å². The number of nitrogens with zero attached hydrogens (tertiary/aromatic N) is 1. The summed E-state index contributed by atoms with van der Waals surface area (Å²) in [6, 6.07) is 21.1. The van der Waals surface area contributed by atoms with Gasteiger partial charge in [0.15, 0.2) is 5.58 Å². The van der Waals surface area contributed by atoms with E-state index >= 15 is 0 Å². The normalized spacial score (nSPS) is 10.6. The summed E-state index contributed by atoms with van der Waals surface area (Å²) in [6.45, 7) is 0. The molecule has 0 bridgehead atoms. The predicted molar refractivity (Wildman–Crippen MR) is 105 cm³/mol. The SMILES string of the molecule is COC(=O)c1ccc2oc(-c3ccccc3NC(=O)c3ccccc3)nc2c1. The second-order valence-electron chi connectivity index (χ2n) is 6.06. The maximum absolute atomic E-state index is 12.5. The monoisotopic (exact) mass is 372 g/mol. The van der Waals surface area contributed by atoms with Crippen molar-refractivity contribution in [1.29, 1.82) is 0 Å². The maximum Gasteiger partial charge on any atom is 0.337 e. The number of anilines is 1. The van der Waals surface area contributed by atoms with Crippen molar-refractivity contribution in [2.45, 2.75) is 0 Å². The third-order valence-corrected chi connectivity index (χ3v) is 4.25. The van der Waals surface area contributed by atoms with E-state index in [0.29, 0.717) is 39.4 Å². The van der Waals surface area contributed by atoms with Crippen molar-refractivity contribution in [3.63, 3.8) is 0 Å². The van der Waals surface area contributed by atoms with Gasteiger partial charge in [-0.05, 0) is 42.5 Å². The van der Waals surface area contributed by atoms with Crippen LogP contribution in [-0.4, -0.2) is 24.0 Å². The summed E-state index contributed by atoms with van der Waals surface area (Å²) in [4.78, 5) is 28.7. The Morgan fingerprint density at radius 1 is 0.929 bits per heavy atom. The van der Waals surface area contributed by atoms with Gasteiger partial charge in [0.2, 0.25) is 5.89 Å². The first-order valence-corrected chi connectivity index (χ1v) is 8.60. The zero-order chi connectivity index (χ0) is 19.5. The van der Waals surface area contributed by atoms with Crippen LogP contribution in [0.1, 0.15) is 20.7 Å². The Kier molecular flexibility index (Phi) is 4.60. The topological polar surface area (TPSA) is 81.4 Å². The van der Waals surface area contributed by atoms with Crippen LogP contribution in [-0.2, 0) is 4.74 Å². The lowest BCUT2D eigenvalue weighted by Gasteiger charge is -2.08. The first-order chi connectivity index (χ1) is 13.7. The van der Waals surface area contributed by atoms with Crippen molar-refractivity contribution in [3.8, 4) is 11.5 Å². The standard InChI is InChI=1S/C22H16N2O4/c1-27-22(26)15-11-12-19-18(13-15)24-21(28-19)16-9-5-6-10-17(16)23-20(25)14-7-3-2-4-8-14/h2-13H,1H3,(H,23,25).